The lowest BCUT2D eigenvalue weighted by atomic mass is 10.3. The Bertz CT molecular complexity index is 236. The number of hydrogen-bond donors (Lipinski definition) is 1. The molecule has 0 bridgehead atoms. The summed E-state index contributed by atoms with van der Waals surface area (Å²) in [4.78, 5) is 4.04. The molecule has 0 fully saturated rings. The fourth-order valence-corrected chi connectivity index (χ4v) is 0.341. The van der Waals surface area contributed by atoms with Crippen molar-refractivity contribution < 1.29 is 0 Å². The second-order valence-corrected chi connectivity index (χ2v) is 2.39. The molecule has 2 N–H and O–H groups in total. The van der Waals surface area contributed by atoms with E-state index in [1.54, 1.807) is 6.21 Å². The van der Waals surface area contributed by atoms with Crippen molar-refractivity contribution >= 4 is 6.21 Å². The predicted octanol–water partition coefficient (Wildman–Crippen LogP) is 2.00. The Morgan fingerprint density at radius 1 is 1.45 bits per heavy atom. The third-order valence-corrected chi connectivity index (χ3v) is 1.33. The van der Waals surface area contributed by atoms with E-state index in [0.717, 1.165) is 17.0 Å². The molecule has 0 heterocycles. The van der Waals surface area contributed by atoms with Crippen molar-refractivity contribution in [3.63, 3.8) is 0 Å². The van der Waals surface area contributed by atoms with Gasteiger partial charge in [-0.3, -0.25) is 4.99 Å². The fraction of sp³-hybridized carbons (Fsp3) is 0.333. The van der Waals surface area contributed by atoms with Gasteiger partial charge in [-0.05, 0) is 26.3 Å². The van der Waals surface area contributed by atoms with Gasteiger partial charge >= 0.3 is 0 Å². The van der Waals surface area contributed by atoms with Crippen LogP contribution >= 0.6 is 0 Å². The van der Waals surface area contributed by atoms with Crippen LogP contribution in [-0.4, -0.2) is 6.21 Å². The van der Waals surface area contributed by atoms with Gasteiger partial charge < -0.3 is 5.73 Å². The van der Waals surface area contributed by atoms with Gasteiger partial charge in [-0.25, -0.2) is 0 Å². The lowest BCUT2D eigenvalue weighted by molar-refractivity contribution is 1.25. The standard InChI is InChI=1S/C9H14N2/c1-5-8(3)11-6-7(2)9(4)10/h6H,1,10H2,2-4H3/b9-7+,11-6-. The average Bonchev–Trinajstić information content (AvgIpc) is 1.99. The van der Waals surface area contributed by atoms with Gasteiger partial charge in [0.15, 0.2) is 0 Å². The highest BCUT2D eigenvalue weighted by Crippen LogP contribution is 1.95. The Balaban J connectivity index is 4.39. The minimum absolute atomic E-state index is 0.769. The van der Waals surface area contributed by atoms with Crippen molar-refractivity contribution in [1.82, 2.24) is 0 Å². The summed E-state index contributed by atoms with van der Waals surface area (Å²) in [5, 5.41) is 0. The summed E-state index contributed by atoms with van der Waals surface area (Å²) < 4.78 is 0. The molecule has 0 aliphatic heterocycles. The van der Waals surface area contributed by atoms with Crippen molar-refractivity contribution in [3.8, 4) is 0 Å². The van der Waals surface area contributed by atoms with Crippen LogP contribution < -0.4 is 5.73 Å². The maximum atomic E-state index is 5.51. The van der Waals surface area contributed by atoms with Crippen molar-refractivity contribution in [1.29, 1.82) is 0 Å². The molecule has 0 aromatic rings. The Labute approximate surface area is 67.8 Å². The van der Waals surface area contributed by atoms with E-state index in [0.29, 0.717) is 0 Å². The molecular weight excluding hydrogens is 136 g/mol. The molecule has 60 valence electrons. The lowest BCUT2D eigenvalue weighted by Crippen LogP contribution is -1.96. The normalized spacial score (nSPS) is 12.6. The van der Waals surface area contributed by atoms with Crippen LogP contribution in [0.25, 0.3) is 0 Å². The maximum Gasteiger partial charge on any atom is 0.0783 e. The second-order valence-electron chi connectivity index (χ2n) is 2.39. The van der Waals surface area contributed by atoms with E-state index in [-0.39, 0.29) is 0 Å². The average molecular weight is 150 g/mol. The monoisotopic (exact) mass is 150 g/mol. The van der Waals surface area contributed by atoms with Crippen LogP contribution in [0.1, 0.15) is 20.8 Å². The number of nitrogens with two attached hydrogens (primary N) is 1. The Hall–Kier alpha value is -1.27. The molecular formula is C9H14N2. The second kappa shape index (κ2) is 4.53. The molecule has 2 nitrogen and oxygen atoms in total. The topological polar surface area (TPSA) is 38.4 Å². The van der Waals surface area contributed by atoms with Gasteiger partial charge in [-0.1, -0.05) is 6.58 Å². The minimum atomic E-state index is 0.769. The molecule has 0 saturated heterocycles. The number of aliphatic imine (C=N–C) groups is 1. The Morgan fingerprint density at radius 3 is 2.36 bits per heavy atom. The zero-order valence-corrected chi connectivity index (χ0v) is 7.31. The first-order chi connectivity index (χ1) is 5.07. The van der Waals surface area contributed by atoms with E-state index in [2.05, 4.69) is 17.3 Å². The van der Waals surface area contributed by atoms with Crippen LogP contribution in [0.3, 0.4) is 0 Å². The molecule has 0 unspecified atom stereocenters. The van der Waals surface area contributed by atoms with E-state index >= 15 is 0 Å². The summed E-state index contributed by atoms with van der Waals surface area (Å²) in [6.07, 6.45) is 1.71. The summed E-state index contributed by atoms with van der Waals surface area (Å²) >= 11 is 0. The molecule has 0 aliphatic rings. The van der Waals surface area contributed by atoms with E-state index in [1.807, 2.05) is 20.8 Å². The van der Waals surface area contributed by atoms with E-state index in [1.165, 1.54) is 0 Å². The molecule has 0 aromatic carbocycles. The molecule has 0 rings (SSSR count). The zero-order chi connectivity index (χ0) is 8.85. The van der Waals surface area contributed by atoms with Gasteiger partial charge in [-0.15, -0.1) is 5.73 Å². The Morgan fingerprint density at radius 2 is 2.00 bits per heavy atom. The van der Waals surface area contributed by atoms with Crippen molar-refractivity contribution in [2.75, 3.05) is 0 Å². The zero-order valence-electron chi connectivity index (χ0n) is 7.31. The smallest absolute Gasteiger partial charge is 0.0783 e. The highest BCUT2D eigenvalue weighted by Gasteiger charge is 1.85. The van der Waals surface area contributed by atoms with E-state index in [4.69, 9.17) is 5.73 Å². The number of nitrogens with zero attached hydrogens (tertiary/aromatic N) is 1. The fourth-order valence-electron chi connectivity index (χ4n) is 0.341. The first kappa shape index (κ1) is 9.73. The Kier molecular flexibility index (Phi) is 4.01. The van der Waals surface area contributed by atoms with Crippen LogP contribution in [0, 0.1) is 0 Å². The molecule has 0 amide bonds. The van der Waals surface area contributed by atoms with Crippen LogP contribution in [0.5, 0.6) is 0 Å². The van der Waals surface area contributed by atoms with Crippen molar-refractivity contribution in [2.45, 2.75) is 20.8 Å². The van der Waals surface area contributed by atoms with Gasteiger partial charge in [0.25, 0.3) is 0 Å². The third kappa shape index (κ3) is 4.18. The molecule has 0 aliphatic carbocycles. The summed E-state index contributed by atoms with van der Waals surface area (Å²) in [6.45, 7) is 9.05. The largest absolute Gasteiger partial charge is 0.402 e. The number of allylic oxidation sites excluding steroid dienone is 3. The molecule has 0 saturated carbocycles. The van der Waals surface area contributed by atoms with Gasteiger partial charge in [0.1, 0.15) is 0 Å². The van der Waals surface area contributed by atoms with Crippen LogP contribution in [0.4, 0.5) is 0 Å². The third-order valence-electron chi connectivity index (χ3n) is 1.33. The highest BCUT2D eigenvalue weighted by atomic mass is 14.7. The molecule has 0 radical (unpaired) electrons. The molecule has 2 heteroatoms. The van der Waals surface area contributed by atoms with Crippen LogP contribution in [-0.2, 0) is 0 Å². The van der Waals surface area contributed by atoms with E-state index in [9.17, 15) is 0 Å². The van der Waals surface area contributed by atoms with E-state index < -0.39 is 0 Å². The first-order valence-electron chi connectivity index (χ1n) is 3.41. The first-order valence-corrected chi connectivity index (χ1v) is 3.41. The number of hydrogen-bond acceptors (Lipinski definition) is 2. The van der Waals surface area contributed by atoms with Crippen molar-refractivity contribution in [3.05, 3.63) is 29.3 Å². The molecule has 0 spiro atoms. The summed E-state index contributed by atoms with van der Waals surface area (Å²) in [5.74, 6) is 0. The van der Waals surface area contributed by atoms with Crippen molar-refractivity contribution in [2.24, 2.45) is 10.7 Å². The summed E-state index contributed by atoms with van der Waals surface area (Å²) in [7, 11) is 0. The maximum absolute atomic E-state index is 5.51. The molecule has 11 heavy (non-hydrogen) atoms. The predicted molar refractivity (Wildman–Crippen MR) is 49.4 cm³/mol. The SMILES string of the molecule is C=C=C(C)/N=C\C(C)=C(/C)N. The van der Waals surface area contributed by atoms with Gasteiger partial charge in [0, 0.05) is 11.9 Å². The van der Waals surface area contributed by atoms with Crippen LogP contribution in [0.2, 0.25) is 0 Å². The summed E-state index contributed by atoms with van der Waals surface area (Å²) in [6, 6.07) is 0. The summed E-state index contributed by atoms with van der Waals surface area (Å²) in [5.41, 5.74) is 10.7. The van der Waals surface area contributed by atoms with Gasteiger partial charge in [0.05, 0.1) is 5.70 Å². The van der Waals surface area contributed by atoms with Crippen LogP contribution in [0.15, 0.2) is 34.3 Å². The quantitative estimate of drug-likeness (QED) is 0.474. The minimum Gasteiger partial charge on any atom is -0.402 e. The lowest BCUT2D eigenvalue weighted by Gasteiger charge is -1.93. The van der Waals surface area contributed by atoms with Gasteiger partial charge in [-0.2, -0.15) is 0 Å². The molecule has 0 aromatic heterocycles. The molecule has 0 atom stereocenters. The highest BCUT2D eigenvalue weighted by molar-refractivity contribution is 5.79. The number of rotatable bonds is 2. The van der Waals surface area contributed by atoms with Gasteiger partial charge in [0.2, 0.25) is 0 Å².